The fraction of sp³-hybridized carbons (Fsp3) is 0.706. The maximum absolute atomic E-state index is 12.8. The first kappa shape index (κ1) is 15.7. The summed E-state index contributed by atoms with van der Waals surface area (Å²) >= 11 is 0. The van der Waals surface area contributed by atoms with Crippen molar-refractivity contribution in [2.75, 3.05) is 26.8 Å². The van der Waals surface area contributed by atoms with Gasteiger partial charge in [0.2, 0.25) is 0 Å². The van der Waals surface area contributed by atoms with E-state index in [4.69, 9.17) is 4.74 Å². The minimum atomic E-state index is 0.161. The van der Waals surface area contributed by atoms with Crippen molar-refractivity contribution in [3.63, 3.8) is 0 Å². The molecule has 0 spiro atoms. The van der Waals surface area contributed by atoms with Crippen molar-refractivity contribution in [1.29, 1.82) is 0 Å². The summed E-state index contributed by atoms with van der Waals surface area (Å²) in [5.74, 6) is 0. The second-order valence-electron chi connectivity index (χ2n) is 6.37. The fourth-order valence-electron chi connectivity index (χ4n) is 3.20. The van der Waals surface area contributed by atoms with E-state index in [1.807, 2.05) is 4.57 Å². The maximum Gasteiger partial charge on any atom is 0.255 e. The van der Waals surface area contributed by atoms with E-state index in [1.54, 1.807) is 7.11 Å². The molecule has 0 atom stereocenters. The summed E-state index contributed by atoms with van der Waals surface area (Å²) in [6.45, 7) is 7.18. The number of methoxy groups -OCH3 is 1. The predicted molar refractivity (Wildman–Crippen MR) is 87.1 cm³/mol. The van der Waals surface area contributed by atoms with Gasteiger partial charge in [-0.05, 0) is 31.0 Å². The molecule has 0 saturated heterocycles. The average Bonchev–Trinajstić information content (AvgIpc) is 3.36. The van der Waals surface area contributed by atoms with Gasteiger partial charge in [-0.1, -0.05) is 6.92 Å². The molecule has 2 aliphatic rings. The normalized spacial score (nSPS) is 18.5. The van der Waals surface area contributed by atoms with Crippen LogP contribution < -0.4 is 10.9 Å². The molecular formula is C17H27N3O2. The first-order valence-electron chi connectivity index (χ1n) is 8.42. The maximum atomic E-state index is 12.8. The van der Waals surface area contributed by atoms with Crippen molar-refractivity contribution >= 4 is 0 Å². The molecule has 1 N–H and O–H groups in total. The zero-order valence-corrected chi connectivity index (χ0v) is 13.7. The van der Waals surface area contributed by atoms with E-state index in [1.165, 1.54) is 24.1 Å². The Bertz CT molecular complexity index is 578. The van der Waals surface area contributed by atoms with Crippen LogP contribution in [0.2, 0.25) is 0 Å². The Morgan fingerprint density at radius 2 is 2.23 bits per heavy atom. The van der Waals surface area contributed by atoms with Gasteiger partial charge < -0.3 is 14.6 Å². The van der Waals surface area contributed by atoms with E-state index in [-0.39, 0.29) is 5.56 Å². The number of nitrogens with zero attached hydrogens (tertiary/aromatic N) is 2. The number of rotatable bonds is 7. The summed E-state index contributed by atoms with van der Waals surface area (Å²) in [5.41, 5.74) is 3.59. The van der Waals surface area contributed by atoms with Crippen LogP contribution in [0.3, 0.4) is 0 Å². The van der Waals surface area contributed by atoms with Gasteiger partial charge in [-0.15, -0.1) is 0 Å². The minimum absolute atomic E-state index is 0.161. The van der Waals surface area contributed by atoms with Crippen LogP contribution in [0.4, 0.5) is 0 Å². The Balaban J connectivity index is 1.90. The molecule has 122 valence electrons. The number of likely N-dealkylation sites (N-methyl/N-ethyl adjacent to an activating group) is 1. The number of nitrogens with one attached hydrogen (secondary N) is 1. The average molecular weight is 305 g/mol. The van der Waals surface area contributed by atoms with E-state index in [0.717, 1.165) is 31.6 Å². The zero-order chi connectivity index (χ0) is 15.5. The number of pyridine rings is 1. The molecule has 1 fully saturated rings. The Morgan fingerprint density at radius 1 is 1.41 bits per heavy atom. The van der Waals surface area contributed by atoms with Crippen LogP contribution in [-0.2, 0) is 30.8 Å². The molecule has 1 aliphatic heterocycles. The lowest BCUT2D eigenvalue weighted by Crippen LogP contribution is -2.38. The largest absolute Gasteiger partial charge is 0.383 e. The quantitative estimate of drug-likeness (QED) is 0.820. The summed E-state index contributed by atoms with van der Waals surface area (Å²) in [6.07, 6.45) is 3.44. The third kappa shape index (κ3) is 3.42. The molecule has 3 rings (SSSR count). The van der Waals surface area contributed by atoms with Gasteiger partial charge in [-0.25, -0.2) is 0 Å². The topological polar surface area (TPSA) is 46.5 Å². The number of ether oxygens (including phenoxy) is 1. The standard InChI is InChI=1S/C17H27N3O2/c1-3-19-7-6-16-14(12-19)10-13(11-18-15-4-5-15)17(21)20(16)8-9-22-2/h10,15,18H,3-9,11-12H2,1-2H3. The van der Waals surface area contributed by atoms with Crippen LogP contribution in [0.25, 0.3) is 0 Å². The van der Waals surface area contributed by atoms with Crippen molar-refractivity contribution in [3.8, 4) is 0 Å². The van der Waals surface area contributed by atoms with Crippen LogP contribution in [0, 0.1) is 0 Å². The Morgan fingerprint density at radius 3 is 2.91 bits per heavy atom. The summed E-state index contributed by atoms with van der Waals surface area (Å²) in [5, 5.41) is 3.47. The van der Waals surface area contributed by atoms with Crippen molar-refractivity contribution in [2.24, 2.45) is 0 Å². The van der Waals surface area contributed by atoms with E-state index in [9.17, 15) is 4.79 Å². The first-order valence-corrected chi connectivity index (χ1v) is 8.42. The van der Waals surface area contributed by atoms with Gasteiger partial charge in [0.1, 0.15) is 0 Å². The SMILES string of the molecule is CCN1CCc2c(cc(CNC3CC3)c(=O)n2CCOC)C1. The van der Waals surface area contributed by atoms with Crippen LogP contribution in [0.1, 0.15) is 36.6 Å². The molecule has 1 aliphatic carbocycles. The molecule has 0 bridgehead atoms. The summed E-state index contributed by atoms with van der Waals surface area (Å²) in [4.78, 5) is 15.2. The van der Waals surface area contributed by atoms with Crippen molar-refractivity contribution in [3.05, 3.63) is 33.2 Å². The third-order valence-electron chi connectivity index (χ3n) is 4.75. The minimum Gasteiger partial charge on any atom is -0.383 e. The van der Waals surface area contributed by atoms with E-state index >= 15 is 0 Å². The molecule has 0 unspecified atom stereocenters. The number of hydrogen-bond acceptors (Lipinski definition) is 4. The molecular weight excluding hydrogens is 278 g/mol. The zero-order valence-electron chi connectivity index (χ0n) is 13.7. The molecule has 5 heteroatoms. The third-order valence-corrected chi connectivity index (χ3v) is 4.75. The summed E-state index contributed by atoms with van der Waals surface area (Å²) in [7, 11) is 1.69. The molecule has 0 radical (unpaired) electrons. The van der Waals surface area contributed by atoms with Gasteiger partial charge in [0.25, 0.3) is 5.56 Å². The Hall–Kier alpha value is -1.17. The van der Waals surface area contributed by atoms with Gasteiger partial charge in [-0.2, -0.15) is 0 Å². The van der Waals surface area contributed by atoms with Crippen LogP contribution >= 0.6 is 0 Å². The van der Waals surface area contributed by atoms with Gasteiger partial charge in [0.15, 0.2) is 0 Å². The lowest BCUT2D eigenvalue weighted by atomic mass is 10.0. The van der Waals surface area contributed by atoms with Gasteiger partial charge in [-0.3, -0.25) is 9.69 Å². The summed E-state index contributed by atoms with van der Waals surface area (Å²) in [6, 6.07) is 2.76. The monoisotopic (exact) mass is 305 g/mol. The van der Waals surface area contributed by atoms with Crippen molar-refractivity contribution in [1.82, 2.24) is 14.8 Å². The Labute approximate surface area is 132 Å². The second kappa shape index (κ2) is 6.94. The molecule has 1 aromatic rings. The first-order chi connectivity index (χ1) is 10.7. The highest BCUT2D eigenvalue weighted by Crippen LogP contribution is 2.21. The van der Waals surface area contributed by atoms with E-state index in [0.29, 0.717) is 25.7 Å². The van der Waals surface area contributed by atoms with Crippen LogP contribution in [0.15, 0.2) is 10.9 Å². The Kier molecular flexibility index (Phi) is 4.96. The molecule has 22 heavy (non-hydrogen) atoms. The van der Waals surface area contributed by atoms with Gasteiger partial charge >= 0.3 is 0 Å². The van der Waals surface area contributed by atoms with Crippen molar-refractivity contribution in [2.45, 2.75) is 51.9 Å². The van der Waals surface area contributed by atoms with Gasteiger partial charge in [0, 0.05) is 57.0 Å². The van der Waals surface area contributed by atoms with Crippen molar-refractivity contribution < 1.29 is 4.74 Å². The highest BCUT2D eigenvalue weighted by Gasteiger charge is 2.23. The molecule has 1 saturated carbocycles. The van der Waals surface area contributed by atoms with Crippen LogP contribution in [-0.4, -0.2) is 42.3 Å². The summed E-state index contributed by atoms with van der Waals surface area (Å²) < 4.78 is 7.15. The fourth-order valence-corrected chi connectivity index (χ4v) is 3.20. The molecule has 1 aromatic heterocycles. The lowest BCUT2D eigenvalue weighted by molar-refractivity contribution is 0.183. The lowest BCUT2D eigenvalue weighted by Gasteiger charge is -2.30. The van der Waals surface area contributed by atoms with E-state index in [2.05, 4.69) is 23.2 Å². The molecule has 0 amide bonds. The second-order valence-corrected chi connectivity index (χ2v) is 6.37. The number of aromatic nitrogens is 1. The smallest absolute Gasteiger partial charge is 0.255 e. The molecule has 0 aromatic carbocycles. The number of hydrogen-bond donors (Lipinski definition) is 1. The highest BCUT2D eigenvalue weighted by molar-refractivity contribution is 5.29. The van der Waals surface area contributed by atoms with Gasteiger partial charge in [0.05, 0.1) is 6.61 Å². The number of fused-ring (bicyclic) bond motifs is 1. The van der Waals surface area contributed by atoms with Crippen LogP contribution in [0.5, 0.6) is 0 Å². The molecule has 2 heterocycles. The highest BCUT2D eigenvalue weighted by atomic mass is 16.5. The predicted octanol–water partition coefficient (Wildman–Crippen LogP) is 1.12. The van der Waals surface area contributed by atoms with E-state index < -0.39 is 0 Å². The molecule has 5 nitrogen and oxygen atoms in total.